The minimum atomic E-state index is -0.680. The highest BCUT2D eigenvalue weighted by Crippen LogP contribution is 2.27. The molecular weight excluding hydrogens is 471 g/mol. The third kappa shape index (κ3) is 7.88. The van der Waals surface area contributed by atoms with E-state index < -0.39 is 6.04 Å². The lowest BCUT2D eigenvalue weighted by Crippen LogP contribution is -2.49. The van der Waals surface area contributed by atoms with E-state index in [1.54, 1.807) is 49.4 Å². The molecule has 0 aliphatic rings. The van der Waals surface area contributed by atoms with Crippen molar-refractivity contribution in [2.24, 2.45) is 0 Å². The molecule has 0 aliphatic carbocycles. The van der Waals surface area contributed by atoms with Crippen LogP contribution in [0.1, 0.15) is 45.6 Å². The van der Waals surface area contributed by atoms with Crippen molar-refractivity contribution in [3.05, 3.63) is 63.1 Å². The summed E-state index contributed by atoms with van der Waals surface area (Å²) in [5.74, 6) is 0.295. The highest BCUT2D eigenvalue weighted by molar-refractivity contribution is 6.36. The number of amides is 2. The summed E-state index contributed by atoms with van der Waals surface area (Å²) < 4.78 is 5.67. The van der Waals surface area contributed by atoms with Crippen LogP contribution in [0.4, 0.5) is 0 Å². The van der Waals surface area contributed by atoms with Crippen LogP contribution in [0.25, 0.3) is 0 Å². The molecule has 0 aliphatic heterocycles. The van der Waals surface area contributed by atoms with Crippen molar-refractivity contribution >= 4 is 46.6 Å². The lowest BCUT2D eigenvalue weighted by Gasteiger charge is -2.30. The highest BCUT2D eigenvalue weighted by Gasteiger charge is 2.27. The van der Waals surface area contributed by atoms with Gasteiger partial charge in [0.2, 0.25) is 11.8 Å². The van der Waals surface area contributed by atoms with Gasteiger partial charge in [0.15, 0.2) is 0 Å². The number of carbonyl (C=O) groups excluding carboxylic acids is 2. The van der Waals surface area contributed by atoms with Crippen molar-refractivity contribution in [3.8, 4) is 5.75 Å². The first-order chi connectivity index (χ1) is 15.2. The number of hydrogen-bond acceptors (Lipinski definition) is 3. The predicted molar refractivity (Wildman–Crippen MR) is 131 cm³/mol. The Kier molecular flexibility index (Phi) is 10.6. The molecule has 0 heterocycles. The predicted octanol–water partition coefficient (Wildman–Crippen LogP) is 6.14. The Balaban J connectivity index is 2.07. The summed E-state index contributed by atoms with van der Waals surface area (Å²) in [6.45, 7) is 6.13. The van der Waals surface area contributed by atoms with Crippen molar-refractivity contribution in [1.82, 2.24) is 10.2 Å². The maximum atomic E-state index is 13.1. The van der Waals surface area contributed by atoms with Gasteiger partial charge < -0.3 is 15.0 Å². The Labute approximate surface area is 205 Å². The van der Waals surface area contributed by atoms with Gasteiger partial charge in [-0.25, -0.2) is 0 Å². The largest absolute Gasteiger partial charge is 0.494 e. The average Bonchev–Trinajstić information content (AvgIpc) is 2.77. The molecule has 0 bridgehead atoms. The molecule has 2 amide bonds. The Hall–Kier alpha value is -1.95. The molecule has 2 aromatic carbocycles. The third-order valence-electron chi connectivity index (χ3n) is 5.18. The van der Waals surface area contributed by atoms with Gasteiger partial charge in [-0.15, -0.1) is 0 Å². The molecule has 8 heteroatoms. The maximum Gasteiger partial charge on any atom is 0.242 e. The van der Waals surface area contributed by atoms with Gasteiger partial charge in [-0.3, -0.25) is 9.59 Å². The van der Waals surface area contributed by atoms with Crippen LogP contribution < -0.4 is 10.1 Å². The highest BCUT2D eigenvalue weighted by atomic mass is 35.5. The number of hydrogen-bond donors (Lipinski definition) is 1. The van der Waals surface area contributed by atoms with Crippen LogP contribution >= 0.6 is 34.8 Å². The normalized spacial score (nSPS) is 12.7. The molecule has 2 unspecified atom stereocenters. The second-order valence-corrected chi connectivity index (χ2v) is 8.87. The molecule has 0 spiro atoms. The van der Waals surface area contributed by atoms with Crippen LogP contribution in [0, 0.1) is 0 Å². The van der Waals surface area contributed by atoms with Crippen molar-refractivity contribution in [2.75, 3.05) is 6.61 Å². The van der Waals surface area contributed by atoms with Crippen LogP contribution in [-0.2, 0) is 16.1 Å². The zero-order chi connectivity index (χ0) is 23.7. The van der Waals surface area contributed by atoms with Crippen LogP contribution in [0.15, 0.2) is 42.5 Å². The van der Waals surface area contributed by atoms with Crippen molar-refractivity contribution in [3.63, 3.8) is 0 Å². The number of nitrogens with one attached hydrogen (secondary N) is 1. The van der Waals surface area contributed by atoms with Crippen LogP contribution in [0.5, 0.6) is 5.75 Å². The van der Waals surface area contributed by atoms with Gasteiger partial charge >= 0.3 is 0 Å². The fraction of sp³-hybridized carbons (Fsp3) is 0.417. The first-order valence-corrected chi connectivity index (χ1v) is 11.8. The summed E-state index contributed by atoms with van der Waals surface area (Å²) in [6.07, 6.45) is 1.51. The van der Waals surface area contributed by atoms with Crippen LogP contribution in [0.2, 0.25) is 15.1 Å². The van der Waals surface area contributed by atoms with E-state index in [9.17, 15) is 9.59 Å². The van der Waals surface area contributed by atoms with Gasteiger partial charge in [-0.05, 0) is 63.1 Å². The molecule has 2 aromatic rings. The van der Waals surface area contributed by atoms with E-state index in [0.717, 1.165) is 6.42 Å². The van der Waals surface area contributed by atoms with Gasteiger partial charge in [0, 0.05) is 39.6 Å². The number of nitrogens with zero attached hydrogens (tertiary/aromatic N) is 1. The smallest absolute Gasteiger partial charge is 0.242 e. The molecule has 5 nitrogen and oxygen atoms in total. The SMILES string of the molecule is CCC(C)NC(=O)C(C)N(Cc1c(Cl)cccc1Cl)C(=O)CCCOc1ccc(Cl)cc1. The van der Waals surface area contributed by atoms with E-state index in [1.165, 1.54) is 4.90 Å². The zero-order valence-corrected chi connectivity index (χ0v) is 20.8. The minimum absolute atomic E-state index is 0.0126. The lowest BCUT2D eigenvalue weighted by molar-refractivity contribution is -0.141. The molecule has 0 saturated heterocycles. The van der Waals surface area contributed by atoms with E-state index >= 15 is 0 Å². The number of benzene rings is 2. The molecule has 174 valence electrons. The molecule has 32 heavy (non-hydrogen) atoms. The second-order valence-electron chi connectivity index (χ2n) is 7.62. The number of halogens is 3. The van der Waals surface area contributed by atoms with E-state index in [1.807, 2.05) is 13.8 Å². The third-order valence-corrected chi connectivity index (χ3v) is 6.14. The summed E-state index contributed by atoms with van der Waals surface area (Å²) >= 11 is 18.5. The van der Waals surface area contributed by atoms with Gasteiger partial charge in [0.25, 0.3) is 0 Å². The number of ether oxygens (including phenoxy) is 1. The summed E-state index contributed by atoms with van der Waals surface area (Å²) in [7, 11) is 0. The van der Waals surface area contributed by atoms with E-state index in [2.05, 4.69) is 5.32 Å². The molecule has 0 aromatic heterocycles. The quantitative estimate of drug-likeness (QED) is 0.378. The van der Waals surface area contributed by atoms with E-state index in [0.29, 0.717) is 39.4 Å². The Morgan fingerprint density at radius 1 is 1.03 bits per heavy atom. The van der Waals surface area contributed by atoms with Gasteiger partial charge in [0.1, 0.15) is 11.8 Å². The van der Waals surface area contributed by atoms with E-state index in [-0.39, 0.29) is 30.8 Å². The molecule has 1 N–H and O–H groups in total. The second kappa shape index (κ2) is 12.9. The minimum Gasteiger partial charge on any atom is -0.494 e. The first-order valence-electron chi connectivity index (χ1n) is 10.6. The number of carbonyl (C=O) groups is 2. The van der Waals surface area contributed by atoms with Crippen LogP contribution in [0.3, 0.4) is 0 Å². The standard InChI is InChI=1S/C24H29Cl3N2O3/c1-4-16(2)28-24(31)17(3)29(15-20-21(26)7-5-8-22(20)27)23(30)9-6-14-32-19-12-10-18(25)11-13-19/h5,7-8,10-13,16-17H,4,6,9,14-15H2,1-3H3,(H,28,31). The van der Waals surface area contributed by atoms with Gasteiger partial charge in [-0.1, -0.05) is 47.8 Å². The maximum absolute atomic E-state index is 13.1. The molecule has 2 rings (SSSR count). The Morgan fingerprint density at radius 2 is 1.66 bits per heavy atom. The first kappa shape index (κ1) is 26.3. The summed E-state index contributed by atoms with van der Waals surface area (Å²) in [5.41, 5.74) is 0.616. The van der Waals surface area contributed by atoms with Crippen LogP contribution in [-0.4, -0.2) is 35.4 Å². The molecule has 0 saturated carbocycles. The van der Waals surface area contributed by atoms with Crippen molar-refractivity contribution < 1.29 is 14.3 Å². The summed E-state index contributed by atoms with van der Waals surface area (Å²) in [4.78, 5) is 27.4. The summed E-state index contributed by atoms with van der Waals surface area (Å²) in [5, 5.41) is 4.48. The molecular formula is C24H29Cl3N2O3. The molecule has 2 atom stereocenters. The van der Waals surface area contributed by atoms with E-state index in [4.69, 9.17) is 39.5 Å². The van der Waals surface area contributed by atoms with Gasteiger partial charge in [0.05, 0.1) is 6.61 Å². The fourth-order valence-electron chi connectivity index (χ4n) is 2.99. The molecule has 0 fully saturated rings. The van der Waals surface area contributed by atoms with Crippen molar-refractivity contribution in [1.29, 1.82) is 0 Å². The lowest BCUT2D eigenvalue weighted by atomic mass is 10.1. The van der Waals surface area contributed by atoms with Gasteiger partial charge in [-0.2, -0.15) is 0 Å². The molecule has 0 radical (unpaired) electrons. The Bertz CT molecular complexity index is 886. The Morgan fingerprint density at radius 3 is 2.25 bits per heavy atom. The topological polar surface area (TPSA) is 58.6 Å². The zero-order valence-electron chi connectivity index (χ0n) is 18.5. The number of rotatable bonds is 11. The average molecular weight is 500 g/mol. The van der Waals surface area contributed by atoms with Crippen molar-refractivity contribution in [2.45, 2.75) is 58.7 Å². The fourth-order valence-corrected chi connectivity index (χ4v) is 3.63. The summed E-state index contributed by atoms with van der Waals surface area (Å²) in [6, 6.07) is 11.6. The monoisotopic (exact) mass is 498 g/mol.